The second-order valence-corrected chi connectivity index (χ2v) is 4.26. The molecule has 0 atom stereocenters. The van der Waals surface area contributed by atoms with E-state index in [1.54, 1.807) is 12.1 Å². The number of aromatic nitrogens is 1. The van der Waals surface area contributed by atoms with Gasteiger partial charge in [-0.15, -0.1) is 0 Å². The Morgan fingerprint density at radius 1 is 1.47 bits per heavy atom. The van der Waals surface area contributed by atoms with E-state index in [-0.39, 0.29) is 0 Å². The highest BCUT2D eigenvalue weighted by Gasteiger charge is 2.08. The van der Waals surface area contributed by atoms with Crippen LogP contribution >= 0.6 is 15.9 Å². The minimum absolute atomic E-state index is 0.338. The van der Waals surface area contributed by atoms with Gasteiger partial charge in [0.25, 0.3) is 0 Å². The van der Waals surface area contributed by atoms with Crippen molar-refractivity contribution in [1.82, 2.24) is 4.40 Å². The fraction of sp³-hybridized carbons (Fsp3) is 0.182. The van der Waals surface area contributed by atoms with Crippen molar-refractivity contribution in [2.75, 3.05) is 0 Å². The van der Waals surface area contributed by atoms with E-state index in [9.17, 15) is 4.79 Å². The van der Waals surface area contributed by atoms with Crippen LogP contribution in [0.2, 0.25) is 0 Å². The zero-order chi connectivity index (χ0) is 11.0. The van der Waals surface area contributed by atoms with Crippen LogP contribution in [0.3, 0.4) is 0 Å². The summed E-state index contributed by atoms with van der Waals surface area (Å²) < 4.78 is 2.95. The molecule has 0 aromatic carbocycles. The average molecular weight is 268 g/mol. The Labute approximate surface area is 95.5 Å². The number of hydrogen-bond donors (Lipinski definition) is 1. The third kappa shape index (κ3) is 1.77. The lowest BCUT2D eigenvalue weighted by Gasteiger charge is -2.05. The number of pyridine rings is 1. The van der Waals surface area contributed by atoms with E-state index in [1.165, 1.54) is 0 Å². The molecule has 0 saturated carbocycles. The molecule has 15 heavy (non-hydrogen) atoms. The maximum Gasteiger partial charge on any atom is 0.335 e. The number of halogens is 1. The van der Waals surface area contributed by atoms with Crippen molar-refractivity contribution >= 4 is 27.4 Å². The summed E-state index contributed by atoms with van der Waals surface area (Å²) in [6.07, 6.45) is 2.75. The molecule has 3 nitrogen and oxygen atoms in total. The lowest BCUT2D eigenvalue weighted by atomic mass is 10.2. The number of carboxylic acids is 1. The van der Waals surface area contributed by atoms with E-state index >= 15 is 0 Å². The van der Waals surface area contributed by atoms with Crippen molar-refractivity contribution in [3.8, 4) is 0 Å². The predicted octanol–water partition coefficient (Wildman–Crippen LogP) is 2.96. The number of carboxylic acid groups (broad SMARTS) is 1. The van der Waals surface area contributed by atoms with Crippen LogP contribution in [-0.2, 0) is 6.42 Å². The van der Waals surface area contributed by atoms with Crippen molar-refractivity contribution < 1.29 is 9.90 Å². The maximum absolute atomic E-state index is 10.9. The summed E-state index contributed by atoms with van der Waals surface area (Å²) in [4.78, 5) is 10.9. The highest BCUT2D eigenvalue weighted by molar-refractivity contribution is 9.10. The topological polar surface area (TPSA) is 41.7 Å². The third-order valence-corrected chi connectivity index (χ3v) is 2.79. The van der Waals surface area contributed by atoms with Crippen LogP contribution in [0.1, 0.15) is 23.0 Å². The maximum atomic E-state index is 10.9. The van der Waals surface area contributed by atoms with Crippen molar-refractivity contribution in [2.45, 2.75) is 13.3 Å². The fourth-order valence-corrected chi connectivity index (χ4v) is 2.09. The Kier molecular flexibility index (Phi) is 2.52. The van der Waals surface area contributed by atoms with Gasteiger partial charge in [-0.05, 0) is 40.5 Å². The van der Waals surface area contributed by atoms with Gasteiger partial charge in [0.1, 0.15) is 0 Å². The van der Waals surface area contributed by atoms with Crippen molar-refractivity contribution in [2.24, 2.45) is 0 Å². The molecule has 0 amide bonds. The van der Waals surface area contributed by atoms with Gasteiger partial charge in [0, 0.05) is 21.9 Å². The number of carbonyl (C=O) groups is 1. The smallest absolute Gasteiger partial charge is 0.335 e. The fourth-order valence-electron chi connectivity index (χ4n) is 1.65. The van der Waals surface area contributed by atoms with Crippen LogP contribution in [0.5, 0.6) is 0 Å². The van der Waals surface area contributed by atoms with E-state index in [0.717, 1.165) is 22.1 Å². The number of aromatic carboxylic acids is 1. The molecule has 0 radical (unpaired) electrons. The van der Waals surface area contributed by atoms with Gasteiger partial charge in [0.05, 0.1) is 5.56 Å². The van der Waals surface area contributed by atoms with Crippen molar-refractivity contribution in [3.05, 3.63) is 40.1 Å². The summed E-state index contributed by atoms with van der Waals surface area (Å²) in [6, 6.07) is 5.29. The molecular weight excluding hydrogens is 258 g/mol. The molecule has 0 aliphatic rings. The van der Waals surface area contributed by atoms with Crippen molar-refractivity contribution in [3.63, 3.8) is 0 Å². The Morgan fingerprint density at radius 3 is 2.80 bits per heavy atom. The first-order chi connectivity index (χ1) is 7.11. The van der Waals surface area contributed by atoms with Gasteiger partial charge >= 0.3 is 5.97 Å². The Bertz CT molecular complexity index is 531. The molecule has 1 N–H and O–H groups in total. The molecule has 2 aromatic heterocycles. The summed E-state index contributed by atoms with van der Waals surface area (Å²) in [5.74, 6) is -0.885. The molecule has 0 aliphatic heterocycles. The summed E-state index contributed by atoms with van der Waals surface area (Å²) >= 11 is 3.38. The van der Waals surface area contributed by atoms with E-state index in [0.29, 0.717) is 5.56 Å². The van der Waals surface area contributed by atoms with E-state index < -0.39 is 5.97 Å². The van der Waals surface area contributed by atoms with Crippen molar-refractivity contribution in [1.29, 1.82) is 0 Å². The molecule has 0 aliphatic carbocycles. The molecule has 0 bridgehead atoms. The zero-order valence-electron chi connectivity index (χ0n) is 8.20. The molecule has 2 aromatic rings. The highest BCUT2D eigenvalue weighted by Crippen LogP contribution is 2.20. The molecule has 0 unspecified atom stereocenters. The molecule has 0 saturated heterocycles. The predicted molar refractivity (Wildman–Crippen MR) is 61.4 cm³/mol. The Hall–Kier alpha value is -1.29. The summed E-state index contributed by atoms with van der Waals surface area (Å²) in [5, 5.41) is 8.95. The monoisotopic (exact) mass is 267 g/mol. The van der Waals surface area contributed by atoms with E-state index in [2.05, 4.69) is 15.9 Å². The van der Waals surface area contributed by atoms with Gasteiger partial charge in [0.2, 0.25) is 0 Å². The first kappa shape index (κ1) is 10.2. The lowest BCUT2D eigenvalue weighted by molar-refractivity contribution is 0.0696. The second-order valence-electron chi connectivity index (χ2n) is 3.35. The quantitative estimate of drug-likeness (QED) is 0.909. The molecule has 78 valence electrons. The van der Waals surface area contributed by atoms with Crippen LogP contribution in [0, 0.1) is 0 Å². The van der Waals surface area contributed by atoms with Gasteiger partial charge in [-0.1, -0.05) is 6.92 Å². The minimum atomic E-state index is -0.885. The van der Waals surface area contributed by atoms with Gasteiger partial charge in [-0.25, -0.2) is 4.79 Å². The molecule has 0 spiro atoms. The van der Waals surface area contributed by atoms with E-state index in [1.807, 2.05) is 23.6 Å². The first-order valence-corrected chi connectivity index (χ1v) is 5.45. The largest absolute Gasteiger partial charge is 0.478 e. The standard InChI is InChI=1S/C11H10BrNO2/c1-2-9-3-7(11(14)15)4-10-5-8(12)6-13(9)10/h3-6H,2H2,1H3,(H,14,15). The minimum Gasteiger partial charge on any atom is -0.478 e. The number of fused-ring (bicyclic) bond motifs is 1. The van der Waals surface area contributed by atoms with Crippen LogP contribution in [-0.4, -0.2) is 15.5 Å². The van der Waals surface area contributed by atoms with Crippen LogP contribution in [0.4, 0.5) is 0 Å². The zero-order valence-corrected chi connectivity index (χ0v) is 9.78. The molecule has 2 rings (SSSR count). The van der Waals surface area contributed by atoms with Crippen LogP contribution < -0.4 is 0 Å². The van der Waals surface area contributed by atoms with E-state index in [4.69, 9.17) is 5.11 Å². The lowest BCUT2D eigenvalue weighted by Crippen LogP contribution is -2.01. The number of rotatable bonds is 2. The normalized spacial score (nSPS) is 10.8. The number of nitrogens with zero attached hydrogens (tertiary/aromatic N) is 1. The van der Waals surface area contributed by atoms with Crippen LogP contribution in [0.25, 0.3) is 5.52 Å². The average Bonchev–Trinajstić information content (AvgIpc) is 2.56. The molecular formula is C11H10BrNO2. The summed E-state index contributed by atoms with van der Waals surface area (Å²) in [6.45, 7) is 2.01. The van der Waals surface area contributed by atoms with Gasteiger partial charge in [0.15, 0.2) is 0 Å². The van der Waals surface area contributed by atoms with Crippen LogP contribution in [0.15, 0.2) is 28.9 Å². The molecule has 4 heteroatoms. The first-order valence-electron chi connectivity index (χ1n) is 4.65. The van der Waals surface area contributed by atoms with Gasteiger partial charge in [-0.3, -0.25) is 0 Å². The Balaban J connectivity index is 2.76. The van der Waals surface area contributed by atoms with Gasteiger partial charge in [-0.2, -0.15) is 0 Å². The SMILES string of the molecule is CCc1cc(C(=O)O)cc2cc(Br)cn12. The summed E-state index contributed by atoms with van der Waals surface area (Å²) in [5.41, 5.74) is 2.24. The highest BCUT2D eigenvalue weighted by atomic mass is 79.9. The Morgan fingerprint density at radius 2 is 2.20 bits per heavy atom. The molecule has 0 fully saturated rings. The second kappa shape index (κ2) is 3.70. The molecule has 2 heterocycles. The number of aryl methyl sites for hydroxylation is 1. The summed E-state index contributed by atoms with van der Waals surface area (Å²) in [7, 11) is 0. The third-order valence-electron chi connectivity index (χ3n) is 2.36. The van der Waals surface area contributed by atoms with Gasteiger partial charge < -0.3 is 9.51 Å². The number of hydrogen-bond acceptors (Lipinski definition) is 1.